The summed E-state index contributed by atoms with van der Waals surface area (Å²) in [6.45, 7) is 8.95. The Morgan fingerprint density at radius 2 is 1.18 bits per heavy atom. The molecular formula is C30H40O10. The highest BCUT2D eigenvalue weighted by Gasteiger charge is 2.25. The van der Waals surface area contributed by atoms with Crippen molar-refractivity contribution in [2.75, 3.05) is 26.4 Å². The third-order valence-electron chi connectivity index (χ3n) is 5.22. The zero-order valence-electron chi connectivity index (χ0n) is 23.8. The first-order chi connectivity index (χ1) is 18.6. The first-order valence-electron chi connectivity index (χ1n) is 12.9. The molecule has 0 atom stereocenters. The van der Waals surface area contributed by atoms with Crippen molar-refractivity contribution in [3.8, 4) is 11.5 Å². The second kappa shape index (κ2) is 16.4. The minimum absolute atomic E-state index is 0.0504. The van der Waals surface area contributed by atoms with Crippen molar-refractivity contribution < 1.29 is 48.7 Å². The molecule has 0 radical (unpaired) electrons. The molecule has 0 aliphatic carbocycles. The lowest BCUT2D eigenvalue weighted by molar-refractivity contribution is -0.144. The Morgan fingerprint density at radius 3 is 1.60 bits per heavy atom. The number of rotatable bonds is 14. The lowest BCUT2D eigenvalue weighted by Crippen LogP contribution is -2.30. The molecule has 40 heavy (non-hydrogen) atoms. The Bertz CT molecular complexity index is 1090. The van der Waals surface area contributed by atoms with Crippen LogP contribution < -0.4 is 9.47 Å². The smallest absolute Gasteiger partial charge is 0.305 e. The van der Waals surface area contributed by atoms with Crippen LogP contribution in [-0.4, -0.2) is 70.9 Å². The summed E-state index contributed by atoms with van der Waals surface area (Å²) in [6.07, 6.45) is 0.291. The zero-order chi connectivity index (χ0) is 30.3. The number of hydrogen-bond donors (Lipinski definition) is 3. The van der Waals surface area contributed by atoms with E-state index in [2.05, 4.69) is 0 Å². The van der Waals surface area contributed by atoms with E-state index in [-0.39, 0.29) is 57.3 Å². The monoisotopic (exact) mass is 560 g/mol. The molecule has 0 spiro atoms. The number of esters is 1. The molecule has 0 fully saturated rings. The normalized spacial score (nSPS) is 11.1. The minimum Gasteiger partial charge on any atom is -0.491 e. The predicted molar refractivity (Wildman–Crippen MR) is 148 cm³/mol. The highest BCUT2D eigenvalue weighted by Crippen LogP contribution is 2.22. The molecule has 2 rings (SSSR count). The van der Waals surface area contributed by atoms with Crippen molar-refractivity contribution in [3.05, 3.63) is 59.7 Å². The summed E-state index contributed by atoms with van der Waals surface area (Å²) in [7, 11) is 0. The predicted octanol–water partition coefficient (Wildman–Crippen LogP) is 4.10. The molecule has 3 N–H and O–H groups in total. The number of ether oxygens (including phenoxy) is 3. The summed E-state index contributed by atoms with van der Waals surface area (Å²) in [5.74, 6) is -0.472. The number of aliphatic hydroxyl groups is 2. The third kappa shape index (κ3) is 13.3. The summed E-state index contributed by atoms with van der Waals surface area (Å²) < 4.78 is 15.5. The van der Waals surface area contributed by atoms with Gasteiger partial charge in [0.05, 0.1) is 6.61 Å². The van der Waals surface area contributed by atoms with Crippen molar-refractivity contribution in [1.29, 1.82) is 0 Å². The summed E-state index contributed by atoms with van der Waals surface area (Å²) in [5, 5.41) is 26.6. The largest absolute Gasteiger partial charge is 0.491 e. The number of ketones is 2. The van der Waals surface area contributed by atoms with E-state index in [1.807, 2.05) is 20.8 Å². The number of carbonyl (C=O) groups is 4. The Kier molecular flexibility index (Phi) is 14.0. The standard InChI is InChI=1S/C18H24O6.C12H16O4/c1-18(2,3)17(22)13-7-9-14(10-8-13)23-11-12-24-16(21)6-4-5-15(19)20;1-12(2,15)11(14)9-3-5-10(6-4-9)16-8-7-13/h7-10H,4-6,11-12H2,1-3H3,(H,19,20);3-6,13,15H,7-8H2,1-2H3. The van der Waals surface area contributed by atoms with Gasteiger partial charge in [-0.1, -0.05) is 20.8 Å². The molecule has 0 amide bonds. The maximum Gasteiger partial charge on any atom is 0.305 e. The van der Waals surface area contributed by atoms with Crippen LogP contribution >= 0.6 is 0 Å². The van der Waals surface area contributed by atoms with Gasteiger partial charge in [0.2, 0.25) is 0 Å². The SMILES string of the molecule is CC(C)(C)C(=O)c1ccc(OCCOC(=O)CCCC(=O)O)cc1.CC(C)(O)C(=O)c1ccc(OCCO)cc1. The van der Waals surface area contributed by atoms with E-state index in [0.717, 1.165) is 0 Å². The van der Waals surface area contributed by atoms with Gasteiger partial charge in [0, 0.05) is 29.4 Å². The van der Waals surface area contributed by atoms with Gasteiger partial charge >= 0.3 is 11.9 Å². The molecule has 0 unspecified atom stereocenters. The van der Waals surface area contributed by atoms with Gasteiger partial charge in [0.25, 0.3) is 0 Å². The Labute approximate surface area is 234 Å². The number of carbonyl (C=O) groups excluding carboxylic acids is 3. The number of hydrogen-bond acceptors (Lipinski definition) is 9. The molecule has 0 aliphatic rings. The van der Waals surface area contributed by atoms with E-state index >= 15 is 0 Å². The Morgan fingerprint density at radius 1 is 0.700 bits per heavy atom. The summed E-state index contributed by atoms with van der Waals surface area (Å²) >= 11 is 0. The maximum atomic E-state index is 12.1. The minimum atomic E-state index is -1.37. The van der Waals surface area contributed by atoms with Crippen molar-refractivity contribution in [2.24, 2.45) is 5.41 Å². The fraction of sp³-hybridized carbons (Fsp3) is 0.467. The molecule has 2 aromatic carbocycles. The molecule has 10 nitrogen and oxygen atoms in total. The number of aliphatic hydroxyl groups excluding tert-OH is 1. The van der Waals surface area contributed by atoms with Crippen LogP contribution in [-0.2, 0) is 14.3 Å². The number of carboxylic acids is 1. The summed E-state index contributed by atoms with van der Waals surface area (Å²) in [6, 6.07) is 13.3. The number of Topliss-reactive ketones (excluding diaryl/α,β-unsaturated/α-hetero) is 2. The third-order valence-corrected chi connectivity index (χ3v) is 5.22. The van der Waals surface area contributed by atoms with Gasteiger partial charge in [-0.15, -0.1) is 0 Å². The van der Waals surface area contributed by atoms with Crippen LogP contribution in [0.5, 0.6) is 11.5 Å². The van der Waals surface area contributed by atoms with Crippen LogP contribution in [0.2, 0.25) is 0 Å². The average molecular weight is 561 g/mol. The highest BCUT2D eigenvalue weighted by molar-refractivity contribution is 6.01. The highest BCUT2D eigenvalue weighted by atomic mass is 16.6. The van der Waals surface area contributed by atoms with E-state index in [1.165, 1.54) is 13.8 Å². The fourth-order valence-electron chi connectivity index (χ4n) is 3.13. The Balaban J connectivity index is 0.000000433. The van der Waals surface area contributed by atoms with Gasteiger partial charge in [-0.2, -0.15) is 0 Å². The number of aliphatic carboxylic acids is 1. The molecular weight excluding hydrogens is 520 g/mol. The van der Waals surface area contributed by atoms with Gasteiger partial charge in [-0.3, -0.25) is 19.2 Å². The van der Waals surface area contributed by atoms with Crippen molar-refractivity contribution in [1.82, 2.24) is 0 Å². The molecule has 0 heterocycles. The first-order valence-corrected chi connectivity index (χ1v) is 12.9. The zero-order valence-corrected chi connectivity index (χ0v) is 23.8. The molecule has 0 aliphatic heterocycles. The summed E-state index contributed by atoms with van der Waals surface area (Å²) in [5.41, 5.74) is -0.742. The van der Waals surface area contributed by atoms with Gasteiger partial charge in [0.15, 0.2) is 11.6 Å². The van der Waals surface area contributed by atoms with E-state index < -0.39 is 23.0 Å². The molecule has 0 saturated heterocycles. The van der Waals surface area contributed by atoms with Crippen molar-refractivity contribution in [2.45, 2.75) is 59.5 Å². The van der Waals surface area contributed by atoms with Crippen LogP contribution in [0, 0.1) is 5.41 Å². The lowest BCUT2D eigenvalue weighted by Gasteiger charge is -2.16. The van der Waals surface area contributed by atoms with Crippen LogP contribution in [0.15, 0.2) is 48.5 Å². The van der Waals surface area contributed by atoms with Crippen LogP contribution in [0.3, 0.4) is 0 Å². The van der Waals surface area contributed by atoms with Crippen LogP contribution in [0.25, 0.3) is 0 Å². The second-order valence-corrected chi connectivity index (χ2v) is 10.4. The van der Waals surface area contributed by atoms with Gasteiger partial charge < -0.3 is 29.5 Å². The quantitative estimate of drug-likeness (QED) is 0.175. The van der Waals surface area contributed by atoms with Gasteiger partial charge in [-0.25, -0.2) is 0 Å². The van der Waals surface area contributed by atoms with Crippen molar-refractivity contribution >= 4 is 23.5 Å². The topological polar surface area (TPSA) is 157 Å². The molecule has 0 bridgehead atoms. The first kappa shape index (κ1) is 34.3. The lowest BCUT2D eigenvalue weighted by atomic mass is 9.86. The molecule has 220 valence electrons. The number of carboxylic acid groups (broad SMARTS) is 1. The molecule has 0 saturated carbocycles. The van der Waals surface area contributed by atoms with E-state index in [4.69, 9.17) is 24.4 Å². The van der Waals surface area contributed by atoms with E-state index in [1.54, 1.807) is 48.5 Å². The van der Waals surface area contributed by atoms with Gasteiger partial charge in [-0.05, 0) is 68.8 Å². The molecule has 0 aromatic heterocycles. The van der Waals surface area contributed by atoms with E-state index in [9.17, 15) is 24.3 Å². The summed E-state index contributed by atoms with van der Waals surface area (Å²) in [4.78, 5) is 45.4. The Hall–Kier alpha value is -3.76. The molecule has 10 heteroatoms. The van der Waals surface area contributed by atoms with Crippen LogP contribution in [0.4, 0.5) is 0 Å². The average Bonchev–Trinajstić information content (AvgIpc) is 2.89. The van der Waals surface area contributed by atoms with E-state index in [0.29, 0.717) is 22.6 Å². The van der Waals surface area contributed by atoms with Gasteiger partial charge in [0.1, 0.15) is 36.9 Å². The van der Waals surface area contributed by atoms with Crippen molar-refractivity contribution in [3.63, 3.8) is 0 Å². The fourth-order valence-corrected chi connectivity index (χ4v) is 3.13. The second-order valence-electron chi connectivity index (χ2n) is 10.4. The molecule has 2 aromatic rings. The number of benzene rings is 2. The maximum absolute atomic E-state index is 12.1. The van der Waals surface area contributed by atoms with Crippen LogP contribution in [0.1, 0.15) is 74.6 Å².